The summed E-state index contributed by atoms with van der Waals surface area (Å²) in [5, 5.41) is 8.42. The summed E-state index contributed by atoms with van der Waals surface area (Å²) in [7, 11) is 1.58. The van der Waals surface area contributed by atoms with Gasteiger partial charge in [-0.15, -0.1) is 11.8 Å². The van der Waals surface area contributed by atoms with Crippen LogP contribution in [-0.2, 0) is 19.7 Å². The lowest BCUT2D eigenvalue weighted by molar-refractivity contribution is -0.123. The molecule has 2 heterocycles. The molecule has 0 saturated carbocycles. The number of ether oxygens (including phenoxy) is 1. The summed E-state index contributed by atoms with van der Waals surface area (Å²) in [4.78, 5) is 28.2. The van der Waals surface area contributed by atoms with E-state index in [0.29, 0.717) is 24.0 Å². The number of thioether (sulfide) groups is 1. The van der Waals surface area contributed by atoms with Crippen LogP contribution >= 0.6 is 23.4 Å². The Balaban J connectivity index is 1.97. The van der Waals surface area contributed by atoms with Crippen molar-refractivity contribution < 1.29 is 14.3 Å². The van der Waals surface area contributed by atoms with Crippen LogP contribution in [0.3, 0.4) is 0 Å². The van der Waals surface area contributed by atoms with Crippen LogP contribution in [0.4, 0.5) is 5.82 Å². The Labute approximate surface area is 227 Å². The highest BCUT2D eigenvalue weighted by Gasteiger charge is 2.40. The highest BCUT2D eigenvalue weighted by Crippen LogP contribution is 2.48. The van der Waals surface area contributed by atoms with Gasteiger partial charge in [0.2, 0.25) is 11.8 Å². The zero-order valence-electron chi connectivity index (χ0n) is 21.9. The molecule has 1 aliphatic rings. The molecule has 0 radical (unpaired) electrons. The molecule has 7 nitrogen and oxygen atoms in total. The van der Waals surface area contributed by atoms with Gasteiger partial charge in [-0.3, -0.25) is 14.5 Å². The molecule has 0 unspecified atom stereocenters. The first kappa shape index (κ1) is 27.2. The van der Waals surface area contributed by atoms with Gasteiger partial charge < -0.3 is 10.1 Å². The maximum atomic E-state index is 13.6. The molecule has 37 heavy (non-hydrogen) atoms. The molecule has 0 fully saturated rings. The van der Waals surface area contributed by atoms with Crippen LogP contribution < -0.4 is 10.2 Å². The normalized spacial score (nSPS) is 15.9. The van der Waals surface area contributed by atoms with Gasteiger partial charge in [0.15, 0.2) is 0 Å². The van der Waals surface area contributed by atoms with E-state index in [9.17, 15) is 9.59 Å². The van der Waals surface area contributed by atoms with E-state index in [0.717, 1.165) is 28.1 Å². The van der Waals surface area contributed by atoms with Crippen molar-refractivity contribution in [2.75, 3.05) is 37.5 Å². The van der Waals surface area contributed by atoms with Crippen LogP contribution in [0.2, 0.25) is 5.02 Å². The molecule has 2 aromatic carbocycles. The number of halogens is 1. The molecular weight excluding hydrogens is 508 g/mol. The van der Waals surface area contributed by atoms with Crippen molar-refractivity contribution in [3.05, 3.63) is 75.9 Å². The average Bonchev–Trinajstić information content (AvgIpc) is 3.17. The van der Waals surface area contributed by atoms with Crippen LogP contribution in [0.15, 0.2) is 48.5 Å². The van der Waals surface area contributed by atoms with Gasteiger partial charge in [-0.25, -0.2) is 4.68 Å². The van der Waals surface area contributed by atoms with Crippen LogP contribution in [-0.4, -0.2) is 54.2 Å². The molecule has 0 saturated heterocycles. The number of amides is 2. The molecule has 0 aliphatic carbocycles. The number of hydrogen-bond acceptors (Lipinski definition) is 5. The van der Waals surface area contributed by atoms with Crippen molar-refractivity contribution in [3.63, 3.8) is 0 Å². The number of nitrogens with one attached hydrogen (secondary N) is 1. The van der Waals surface area contributed by atoms with Gasteiger partial charge in [0.25, 0.3) is 0 Å². The van der Waals surface area contributed by atoms with Gasteiger partial charge >= 0.3 is 0 Å². The quantitative estimate of drug-likeness (QED) is 0.424. The van der Waals surface area contributed by atoms with Crippen molar-refractivity contribution in [3.8, 4) is 5.69 Å². The summed E-state index contributed by atoms with van der Waals surface area (Å²) in [5.74, 6) is 0.445. The standard InChI is InChI=1S/C28H33ClN4O3S/c1-18-9-6-7-12-21(18)33-27-24(26(31-33)28(2,3)4)25(19-10-8-11-20(29)15-19)37-17-23(35)32(27)16-22(34)30-13-14-36-5/h6-12,15,25H,13-14,16-17H2,1-5H3,(H,30,34)/t25-/m0/s1. The predicted molar refractivity (Wildman–Crippen MR) is 150 cm³/mol. The molecule has 0 bridgehead atoms. The second-order valence-corrected chi connectivity index (χ2v) is 11.6. The summed E-state index contributed by atoms with van der Waals surface area (Å²) < 4.78 is 6.90. The zero-order valence-corrected chi connectivity index (χ0v) is 23.4. The third-order valence-corrected chi connectivity index (χ3v) is 7.71. The summed E-state index contributed by atoms with van der Waals surface area (Å²) in [5.41, 5.74) is 4.36. The molecule has 4 rings (SSSR count). The molecule has 1 atom stereocenters. The molecule has 3 aromatic rings. The first-order valence-electron chi connectivity index (χ1n) is 12.2. The highest BCUT2D eigenvalue weighted by molar-refractivity contribution is 8.00. The minimum absolute atomic E-state index is 0.112. The monoisotopic (exact) mass is 540 g/mol. The van der Waals surface area contributed by atoms with Gasteiger partial charge in [0.1, 0.15) is 12.4 Å². The Bertz CT molecular complexity index is 1300. The second-order valence-electron chi connectivity index (χ2n) is 10.1. The first-order valence-corrected chi connectivity index (χ1v) is 13.7. The molecule has 196 valence electrons. The third kappa shape index (κ3) is 5.87. The lowest BCUT2D eigenvalue weighted by Gasteiger charge is -2.25. The number of carbonyl (C=O) groups excluding carboxylic acids is 2. The number of fused-ring (bicyclic) bond motifs is 1. The maximum Gasteiger partial charge on any atom is 0.240 e. The lowest BCUT2D eigenvalue weighted by atomic mass is 9.87. The fraction of sp³-hybridized carbons (Fsp3) is 0.393. The zero-order chi connectivity index (χ0) is 26.7. The fourth-order valence-corrected chi connectivity index (χ4v) is 5.85. The Morgan fingerprint density at radius 2 is 1.97 bits per heavy atom. The number of aromatic nitrogens is 2. The summed E-state index contributed by atoms with van der Waals surface area (Å²) >= 11 is 7.94. The van der Waals surface area contributed by atoms with Gasteiger partial charge in [-0.05, 0) is 36.2 Å². The summed E-state index contributed by atoms with van der Waals surface area (Å²) in [6.45, 7) is 9.02. The van der Waals surface area contributed by atoms with Crippen LogP contribution in [0.5, 0.6) is 0 Å². The number of para-hydroxylation sites is 1. The largest absolute Gasteiger partial charge is 0.383 e. The van der Waals surface area contributed by atoms with Crippen molar-refractivity contribution in [2.45, 2.75) is 38.4 Å². The van der Waals surface area contributed by atoms with Crippen molar-refractivity contribution in [2.24, 2.45) is 0 Å². The van der Waals surface area contributed by atoms with Crippen molar-refractivity contribution >= 4 is 41.0 Å². The Morgan fingerprint density at radius 1 is 1.22 bits per heavy atom. The molecule has 1 aliphatic heterocycles. The van der Waals surface area contributed by atoms with E-state index in [1.807, 2.05) is 60.1 Å². The molecule has 1 aromatic heterocycles. The number of benzene rings is 2. The van der Waals surface area contributed by atoms with E-state index in [2.05, 4.69) is 26.1 Å². The fourth-order valence-electron chi connectivity index (χ4n) is 4.47. The maximum absolute atomic E-state index is 13.6. The third-order valence-electron chi connectivity index (χ3n) is 6.22. The topological polar surface area (TPSA) is 76.5 Å². The summed E-state index contributed by atoms with van der Waals surface area (Å²) in [6, 6.07) is 15.7. The number of nitrogens with zero attached hydrogens (tertiary/aromatic N) is 3. The number of methoxy groups -OCH3 is 1. The Morgan fingerprint density at radius 3 is 2.65 bits per heavy atom. The molecule has 0 spiro atoms. The van der Waals surface area contributed by atoms with Crippen molar-refractivity contribution in [1.82, 2.24) is 15.1 Å². The van der Waals surface area contributed by atoms with Crippen LogP contribution in [0.1, 0.15) is 48.4 Å². The number of hydrogen-bond donors (Lipinski definition) is 1. The van der Waals surface area contributed by atoms with E-state index < -0.39 is 0 Å². The number of aryl methyl sites for hydroxylation is 1. The lowest BCUT2D eigenvalue weighted by Crippen LogP contribution is -2.43. The Kier molecular flexibility index (Phi) is 8.31. The van der Waals surface area contributed by atoms with Crippen molar-refractivity contribution in [1.29, 1.82) is 0 Å². The van der Waals surface area contributed by atoms with Gasteiger partial charge in [0.05, 0.1) is 29.0 Å². The van der Waals surface area contributed by atoms with Crippen LogP contribution in [0.25, 0.3) is 5.69 Å². The second kappa shape index (κ2) is 11.3. The van der Waals surface area contributed by atoms with E-state index in [1.165, 1.54) is 11.8 Å². The number of anilines is 1. The van der Waals surface area contributed by atoms with Gasteiger partial charge in [-0.1, -0.05) is 62.7 Å². The highest BCUT2D eigenvalue weighted by atomic mass is 35.5. The molecular formula is C28H33ClN4O3S. The first-order chi connectivity index (χ1) is 17.6. The van der Waals surface area contributed by atoms with E-state index in [1.54, 1.807) is 12.0 Å². The minimum Gasteiger partial charge on any atom is -0.383 e. The Hall–Kier alpha value is -2.81. The van der Waals surface area contributed by atoms with E-state index in [4.69, 9.17) is 21.4 Å². The molecule has 2 amide bonds. The SMILES string of the molecule is COCCNC(=O)CN1C(=O)CS[C@@H](c2cccc(Cl)c2)c2c(C(C)(C)C)nn(-c3ccccc3C)c21. The van der Waals surface area contributed by atoms with E-state index >= 15 is 0 Å². The van der Waals surface area contributed by atoms with E-state index in [-0.39, 0.29) is 34.8 Å². The molecule has 9 heteroatoms. The van der Waals surface area contributed by atoms with Gasteiger partial charge in [-0.2, -0.15) is 5.10 Å². The number of rotatable bonds is 7. The molecule has 1 N–H and O–H groups in total. The minimum atomic E-state index is -0.324. The van der Waals surface area contributed by atoms with Gasteiger partial charge in [0, 0.05) is 29.7 Å². The smallest absolute Gasteiger partial charge is 0.240 e. The average molecular weight is 541 g/mol. The predicted octanol–water partition coefficient (Wildman–Crippen LogP) is 5.06. The summed E-state index contributed by atoms with van der Waals surface area (Å²) in [6.07, 6.45) is 0. The van der Waals surface area contributed by atoms with Crippen LogP contribution in [0, 0.1) is 6.92 Å². The number of carbonyl (C=O) groups is 2.